The molecule has 1 heterocycles. The maximum absolute atomic E-state index is 12.2. The summed E-state index contributed by atoms with van der Waals surface area (Å²) in [5.74, 6) is 1.12. The normalized spacial score (nSPS) is 16.1. The van der Waals surface area contributed by atoms with Crippen molar-refractivity contribution in [1.82, 2.24) is 0 Å². The topological polar surface area (TPSA) is 26.3 Å². The number of Topliss-reactive ketones (excluding diaryl/α,β-unsaturated/α-hetero) is 1. The second-order valence-corrected chi connectivity index (χ2v) is 4.42. The van der Waals surface area contributed by atoms with E-state index in [1.54, 1.807) is 0 Å². The molecule has 1 aromatic rings. The molecule has 0 aliphatic carbocycles. The van der Waals surface area contributed by atoms with Crippen LogP contribution in [0.15, 0.2) is 18.2 Å². The number of carbonyl (C=O) groups is 1. The van der Waals surface area contributed by atoms with Crippen LogP contribution >= 0.6 is 0 Å². The fourth-order valence-corrected chi connectivity index (χ4v) is 2.03. The summed E-state index contributed by atoms with van der Waals surface area (Å²) in [6.07, 6.45) is 2.95. The van der Waals surface area contributed by atoms with Crippen molar-refractivity contribution < 1.29 is 9.53 Å². The first-order valence-electron chi connectivity index (χ1n) is 6.03. The fraction of sp³-hybridized carbons (Fsp3) is 0.500. The Labute approximate surface area is 96.6 Å². The van der Waals surface area contributed by atoms with Crippen LogP contribution in [0.1, 0.15) is 42.6 Å². The van der Waals surface area contributed by atoms with Crippen molar-refractivity contribution in [1.29, 1.82) is 0 Å². The van der Waals surface area contributed by atoms with Gasteiger partial charge in [0.1, 0.15) is 5.75 Å². The van der Waals surface area contributed by atoms with Gasteiger partial charge in [0, 0.05) is 5.92 Å². The molecule has 2 heteroatoms. The standard InChI is InChI=1S/C14H18O2/c1-3-10(2)13(15)12-8-4-6-11-7-5-9-16-14(11)12/h4,6,8,10H,3,5,7,9H2,1-2H3. The Hall–Kier alpha value is -1.31. The number of ether oxygens (including phenoxy) is 1. The van der Waals surface area contributed by atoms with Gasteiger partial charge in [0.25, 0.3) is 0 Å². The van der Waals surface area contributed by atoms with Crippen molar-refractivity contribution in [2.75, 3.05) is 6.61 Å². The second-order valence-electron chi connectivity index (χ2n) is 4.42. The minimum atomic E-state index is 0.0806. The molecular weight excluding hydrogens is 200 g/mol. The molecule has 0 N–H and O–H groups in total. The molecule has 1 aliphatic heterocycles. The van der Waals surface area contributed by atoms with Gasteiger partial charge in [-0.2, -0.15) is 0 Å². The Morgan fingerprint density at radius 3 is 3.06 bits per heavy atom. The lowest BCUT2D eigenvalue weighted by atomic mass is 9.93. The van der Waals surface area contributed by atoms with Gasteiger partial charge in [0.2, 0.25) is 0 Å². The molecule has 0 saturated heterocycles. The van der Waals surface area contributed by atoms with Crippen molar-refractivity contribution in [2.45, 2.75) is 33.1 Å². The van der Waals surface area contributed by atoms with Crippen LogP contribution in [0.2, 0.25) is 0 Å². The van der Waals surface area contributed by atoms with Crippen LogP contribution in [-0.4, -0.2) is 12.4 Å². The van der Waals surface area contributed by atoms with Gasteiger partial charge in [-0.3, -0.25) is 4.79 Å². The van der Waals surface area contributed by atoms with Gasteiger partial charge in [0.15, 0.2) is 5.78 Å². The highest BCUT2D eigenvalue weighted by atomic mass is 16.5. The third-order valence-corrected chi connectivity index (χ3v) is 3.26. The molecule has 1 atom stereocenters. The summed E-state index contributed by atoms with van der Waals surface area (Å²) >= 11 is 0. The number of hydrogen-bond donors (Lipinski definition) is 0. The molecule has 1 unspecified atom stereocenters. The molecule has 2 nitrogen and oxygen atoms in total. The lowest BCUT2D eigenvalue weighted by molar-refractivity contribution is 0.0922. The van der Waals surface area contributed by atoms with Crippen LogP contribution in [0.5, 0.6) is 5.75 Å². The molecule has 0 amide bonds. The zero-order chi connectivity index (χ0) is 11.5. The van der Waals surface area contributed by atoms with Crippen LogP contribution in [0, 0.1) is 5.92 Å². The zero-order valence-corrected chi connectivity index (χ0v) is 9.95. The van der Waals surface area contributed by atoms with Gasteiger partial charge >= 0.3 is 0 Å². The molecule has 0 fully saturated rings. The highest BCUT2D eigenvalue weighted by Crippen LogP contribution is 2.30. The number of fused-ring (bicyclic) bond motifs is 1. The minimum absolute atomic E-state index is 0.0806. The van der Waals surface area contributed by atoms with Crippen molar-refractivity contribution in [3.05, 3.63) is 29.3 Å². The van der Waals surface area contributed by atoms with E-state index in [1.807, 2.05) is 26.0 Å². The van der Waals surface area contributed by atoms with E-state index >= 15 is 0 Å². The quantitative estimate of drug-likeness (QED) is 0.728. The number of aryl methyl sites for hydroxylation is 1. The Morgan fingerprint density at radius 2 is 2.31 bits per heavy atom. The molecule has 0 spiro atoms. The molecule has 1 aliphatic rings. The van der Waals surface area contributed by atoms with Crippen LogP contribution in [-0.2, 0) is 6.42 Å². The highest BCUT2D eigenvalue weighted by molar-refractivity contribution is 6.00. The largest absolute Gasteiger partial charge is 0.493 e. The Bertz CT molecular complexity index is 396. The smallest absolute Gasteiger partial charge is 0.169 e. The predicted molar refractivity (Wildman–Crippen MR) is 64.0 cm³/mol. The lowest BCUT2D eigenvalue weighted by Crippen LogP contribution is -2.16. The van der Waals surface area contributed by atoms with Crippen LogP contribution < -0.4 is 4.74 Å². The van der Waals surface area contributed by atoms with Gasteiger partial charge < -0.3 is 4.74 Å². The van der Waals surface area contributed by atoms with E-state index < -0.39 is 0 Å². The number of carbonyl (C=O) groups excluding carboxylic acids is 1. The summed E-state index contributed by atoms with van der Waals surface area (Å²) < 4.78 is 5.65. The molecule has 1 aromatic carbocycles. The van der Waals surface area contributed by atoms with Crippen molar-refractivity contribution in [3.63, 3.8) is 0 Å². The van der Waals surface area contributed by atoms with E-state index in [1.165, 1.54) is 5.56 Å². The third kappa shape index (κ3) is 1.97. The Kier molecular flexibility index (Phi) is 3.28. The Morgan fingerprint density at radius 1 is 1.50 bits per heavy atom. The van der Waals surface area contributed by atoms with Gasteiger partial charge in [0.05, 0.1) is 12.2 Å². The summed E-state index contributed by atoms with van der Waals surface area (Å²) in [7, 11) is 0. The molecule has 0 saturated carbocycles. The lowest BCUT2D eigenvalue weighted by Gasteiger charge is -2.20. The molecule has 0 aromatic heterocycles. The van der Waals surface area contributed by atoms with E-state index in [-0.39, 0.29) is 11.7 Å². The van der Waals surface area contributed by atoms with E-state index in [9.17, 15) is 4.79 Å². The Balaban J connectivity index is 2.37. The SMILES string of the molecule is CCC(C)C(=O)c1cccc2c1OCCC2. The van der Waals surface area contributed by atoms with Gasteiger partial charge in [-0.1, -0.05) is 26.0 Å². The molecular formula is C14H18O2. The first kappa shape index (κ1) is 11.2. The summed E-state index contributed by atoms with van der Waals surface area (Å²) in [6, 6.07) is 5.91. The first-order chi connectivity index (χ1) is 7.74. The van der Waals surface area contributed by atoms with Crippen molar-refractivity contribution >= 4 is 5.78 Å². The van der Waals surface area contributed by atoms with Gasteiger partial charge in [-0.05, 0) is 30.9 Å². The minimum Gasteiger partial charge on any atom is -0.493 e. The van der Waals surface area contributed by atoms with Gasteiger partial charge in [-0.15, -0.1) is 0 Å². The van der Waals surface area contributed by atoms with Gasteiger partial charge in [-0.25, -0.2) is 0 Å². The van der Waals surface area contributed by atoms with Crippen LogP contribution in [0.3, 0.4) is 0 Å². The summed E-state index contributed by atoms with van der Waals surface area (Å²) in [6.45, 7) is 4.75. The van der Waals surface area contributed by atoms with E-state index in [2.05, 4.69) is 6.07 Å². The number of rotatable bonds is 3. The monoisotopic (exact) mass is 218 g/mol. The fourth-order valence-electron chi connectivity index (χ4n) is 2.03. The average Bonchev–Trinajstić information content (AvgIpc) is 2.36. The molecule has 2 rings (SSSR count). The summed E-state index contributed by atoms with van der Waals surface area (Å²) in [4.78, 5) is 12.2. The second kappa shape index (κ2) is 4.69. The van der Waals surface area contributed by atoms with Crippen LogP contribution in [0.4, 0.5) is 0 Å². The zero-order valence-electron chi connectivity index (χ0n) is 9.95. The highest BCUT2D eigenvalue weighted by Gasteiger charge is 2.21. The number of hydrogen-bond acceptors (Lipinski definition) is 2. The molecule has 0 bridgehead atoms. The van der Waals surface area contributed by atoms with E-state index in [0.29, 0.717) is 0 Å². The summed E-state index contributed by atoms with van der Waals surface area (Å²) in [5, 5.41) is 0. The van der Waals surface area contributed by atoms with E-state index in [4.69, 9.17) is 4.74 Å². The summed E-state index contributed by atoms with van der Waals surface area (Å²) in [5.41, 5.74) is 1.95. The first-order valence-corrected chi connectivity index (χ1v) is 6.03. The van der Waals surface area contributed by atoms with Crippen LogP contribution in [0.25, 0.3) is 0 Å². The number of para-hydroxylation sites is 1. The molecule has 86 valence electrons. The third-order valence-electron chi connectivity index (χ3n) is 3.26. The predicted octanol–water partition coefficient (Wildman–Crippen LogP) is 3.24. The maximum Gasteiger partial charge on any atom is 0.169 e. The average molecular weight is 218 g/mol. The molecule has 0 radical (unpaired) electrons. The van der Waals surface area contributed by atoms with Crippen molar-refractivity contribution in [2.24, 2.45) is 5.92 Å². The van der Waals surface area contributed by atoms with E-state index in [0.717, 1.165) is 37.2 Å². The number of benzene rings is 1. The van der Waals surface area contributed by atoms with Crippen molar-refractivity contribution in [3.8, 4) is 5.75 Å². The molecule has 16 heavy (non-hydrogen) atoms. The number of ketones is 1. The maximum atomic E-state index is 12.2.